The van der Waals surface area contributed by atoms with Gasteiger partial charge in [-0.3, -0.25) is 0 Å². The molecule has 1 unspecified atom stereocenters. The number of rotatable bonds is 4. The summed E-state index contributed by atoms with van der Waals surface area (Å²) in [4.78, 5) is 0. The number of benzene rings is 1. The van der Waals surface area contributed by atoms with E-state index in [-0.39, 0.29) is 6.10 Å². The van der Waals surface area contributed by atoms with Gasteiger partial charge in [0.2, 0.25) is 0 Å². The predicted octanol–water partition coefficient (Wildman–Crippen LogP) is 2.60. The van der Waals surface area contributed by atoms with Crippen LogP contribution in [0.4, 0.5) is 0 Å². The maximum absolute atomic E-state index is 8.99. The molecular weight excluding hydrogens is 232 g/mol. The molecule has 0 saturated carbocycles. The third kappa shape index (κ3) is 4.29. The van der Waals surface area contributed by atoms with Crippen molar-refractivity contribution in [2.45, 2.75) is 19.4 Å². The fourth-order valence-corrected chi connectivity index (χ4v) is 1.14. The first-order valence-corrected chi connectivity index (χ1v) is 5.04. The van der Waals surface area contributed by atoms with Crippen LogP contribution in [-0.2, 0) is 0 Å². The van der Waals surface area contributed by atoms with Gasteiger partial charge in [0.05, 0.1) is 12.7 Å². The van der Waals surface area contributed by atoms with E-state index in [1.54, 1.807) is 6.92 Å². The van der Waals surface area contributed by atoms with Crippen molar-refractivity contribution in [3.63, 3.8) is 0 Å². The highest BCUT2D eigenvalue weighted by Gasteiger charge is 1.96. The molecule has 0 heterocycles. The van der Waals surface area contributed by atoms with Crippen LogP contribution in [0.2, 0.25) is 0 Å². The minimum Gasteiger partial charge on any atom is -0.493 e. The molecule has 0 aromatic heterocycles. The van der Waals surface area contributed by atoms with Gasteiger partial charge in [0.1, 0.15) is 5.75 Å². The molecule has 1 aromatic carbocycles. The molecular formula is C10H13BrO2. The fraction of sp³-hybridized carbons (Fsp3) is 0.400. The lowest BCUT2D eigenvalue weighted by Gasteiger charge is -2.07. The third-order valence-electron chi connectivity index (χ3n) is 1.62. The molecule has 72 valence electrons. The van der Waals surface area contributed by atoms with E-state index in [2.05, 4.69) is 15.9 Å². The largest absolute Gasteiger partial charge is 0.493 e. The van der Waals surface area contributed by atoms with Gasteiger partial charge in [-0.05, 0) is 31.2 Å². The average Bonchev–Trinajstić information content (AvgIpc) is 2.08. The molecule has 2 nitrogen and oxygen atoms in total. The Morgan fingerprint density at radius 2 is 2.00 bits per heavy atom. The van der Waals surface area contributed by atoms with E-state index < -0.39 is 0 Å². The molecule has 0 aliphatic carbocycles. The van der Waals surface area contributed by atoms with E-state index >= 15 is 0 Å². The highest BCUT2D eigenvalue weighted by atomic mass is 79.9. The zero-order valence-corrected chi connectivity index (χ0v) is 9.12. The Morgan fingerprint density at radius 1 is 1.38 bits per heavy atom. The van der Waals surface area contributed by atoms with Crippen LogP contribution in [0.5, 0.6) is 5.75 Å². The van der Waals surface area contributed by atoms with Crippen molar-refractivity contribution >= 4 is 15.9 Å². The molecule has 1 N–H and O–H groups in total. The van der Waals surface area contributed by atoms with Gasteiger partial charge in [-0.2, -0.15) is 0 Å². The summed E-state index contributed by atoms with van der Waals surface area (Å²) in [5, 5.41) is 8.99. The Morgan fingerprint density at radius 3 is 2.54 bits per heavy atom. The summed E-state index contributed by atoms with van der Waals surface area (Å²) in [5.41, 5.74) is 0. The van der Waals surface area contributed by atoms with E-state index in [4.69, 9.17) is 9.84 Å². The number of aliphatic hydroxyl groups excluding tert-OH is 1. The smallest absolute Gasteiger partial charge is 0.119 e. The molecule has 0 aliphatic rings. The fourth-order valence-electron chi connectivity index (χ4n) is 0.878. The quantitative estimate of drug-likeness (QED) is 0.883. The molecule has 0 amide bonds. The van der Waals surface area contributed by atoms with Crippen molar-refractivity contribution in [3.8, 4) is 5.75 Å². The van der Waals surface area contributed by atoms with Gasteiger partial charge in [0, 0.05) is 10.9 Å². The van der Waals surface area contributed by atoms with Crippen LogP contribution >= 0.6 is 15.9 Å². The average molecular weight is 245 g/mol. The van der Waals surface area contributed by atoms with Crippen molar-refractivity contribution in [1.29, 1.82) is 0 Å². The third-order valence-corrected chi connectivity index (χ3v) is 2.15. The van der Waals surface area contributed by atoms with Crippen LogP contribution in [0.15, 0.2) is 28.7 Å². The molecule has 1 aromatic rings. The second kappa shape index (κ2) is 5.25. The van der Waals surface area contributed by atoms with Crippen LogP contribution in [0.1, 0.15) is 13.3 Å². The van der Waals surface area contributed by atoms with Crippen LogP contribution in [0.3, 0.4) is 0 Å². The van der Waals surface area contributed by atoms with Crippen molar-refractivity contribution < 1.29 is 9.84 Å². The summed E-state index contributed by atoms with van der Waals surface area (Å²) in [6.45, 7) is 2.31. The van der Waals surface area contributed by atoms with Gasteiger partial charge < -0.3 is 9.84 Å². The highest BCUT2D eigenvalue weighted by molar-refractivity contribution is 9.10. The van der Waals surface area contributed by atoms with Crippen molar-refractivity contribution in [1.82, 2.24) is 0 Å². The van der Waals surface area contributed by atoms with Crippen molar-refractivity contribution in [2.24, 2.45) is 0 Å². The molecule has 0 spiro atoms. The first-order valence-electron chi connectivity index (χ1n) is 4.25. The van der Waals surface area contributed by atoms with Gasteiger partial charge >= 0.3 is 0 Å². The van der Waals surface area contributed by atoms with Crippen LogP contribution < -0.4 is 4.74 Å². The second-order valence-corrected chi connectivity index (χ2v) is 3.86. The number of hydrogen-bond donors (Lipinski definition) is 1. The van der Waals surface area contributed by atoms with Gasteiger partial charge in [0.25, 0.3) is 0 Å². The number of hydrogen-bond acceptors (Lipinski definition) is 2. The molecule has 1 atom stereocenters. The lowest BCUT2D eigenvalue weighted by Crippen LogP contribution is -2.07. The van der Waals surface area contributed by atoms with E-state index in [1.165, 1.54) is 0 Å². The van der Waals surface area contributed by atoms with E-state index in [1.807, 2.05) is 24.3 Å². The van der Waals surface area contributed by atoms with Gasteiger partial charge in [0.15, 0.2) is 0 Å². The first kappa shape index (κ1) is 10.5. The van der Waals surface area contributed by atoms with E-state index in [9.17, 15) is 0 Å². The summed E-state index contributed by atoms with van der Waals surface area (Å²) in [6.07, 6.45) is 0.367. The number of ether oxygens (including phenoxy) is 1. The maximum Gasteiger partial charge on any atom is 0.119 e. The number of halogens is 1. The minimum atomic E-state index is -0.296. The molecule has 13 heavy (non-hydrogen) atoms. The molecule has 0 saturated heterocycles. The van der Waals surface area contributed by atoms with Crippen LogP contribution in [0, 0.1) is 0 Å². The SMILES string of the molecule is CC(O)CCOc1ccc(Br)cc1. The van der Waals surface area contributed by atoms with Crippen molar-refractivity contribution in [2.75, 3.05) is 6.61 Å². The lowest BCUT2D eigenvalue weighted by atomic mass is 10.3. The summed E-state index contributed by atoms with van der Waals surface area (Å²) in [7, 11) is 0. The molecule has 1 rings (SSSR count). The Hall–Kier alpha value is -0.540. The molecule has 0 bridgehead atoms. The second-order valence-electron chi connectivity index (χ2n) is 2.94. The lowest BCUT2D eigenvalue weighted by molar-refractivity contribution is 0.155. The zero-order chi connectivity index (χ0) is 9.68. The standard InChI is InChI=1S/C10H13BrO2/c1-8(12)6-7-13-10-4-2-9(11)3-5-10/h2-5,8,12H,6-7H2,1H3. The van der Waals surface area contributed by atoms with Crippen LogP contribution in [0.25, 0.3) is 0 Å². The Bertz CT molecular complexity index is 244. The summed E-state index contributed by atoms with van der Waals surface area (Å²) in [6, 6.07) is 7.65. The molecule has 3 heteroatoms. The molecule has 0 radical (unpaired) electrons. The first-order chi connectivity index (χ1) is 6.18. The monoisotopic (exact) mass is 244 g/mol. The highest BCUT2D eigenvalue weighted by Crippen LogP contribution is 2.16. The Balaban J connectivity index is 2.33. The van der Waals surface area contributed by atoms with E-state index in [0.717, 1.165) is 10.2 Å². The predicted molar refractivity (Wildman–Crippen MR) is 55.9 cm³/mol. The maximum atomic E-state index is 8.99. The van der Waals surface area contributed by atoms with Gasteiger partial charge in [-0.1, -0.05) is 15.9 Å². The summed E-state index contributed by atoms with van der Waals surface area (Å²) >= 11 is 3.34. The van der Waals surface area contributed by atoms with E-state index in [0.29, 0.717) is 13.0 Å². The molecule has 0 fully saturated rings. The van der Waals surface area contributed by atoms with Gasteiger partial charge in [-0.15, -0.1) is 0 Å². The van der Waals surface area contributed by atoms with Crippen molar-refractivity contribution in [3.05, 3.63) is 28.7 Å². The number of aliphatic hydroxyl groups is 1. The normalized spacial score (nSPS) is 12.5. The molecule has 0 aliphatic heterocycles. The zero-order valence-electron chi connectivity index (χ0n) is 7.53. The van der Waals surface area contributed by atoms with Crippen LogP contribution in [-0.4, -0.2) is 17.8 Å². The Kier molecular flexibility index (Phi) is 4.25. The Labute approximate surface area is 86.7 Å². The summed E-state index contributed by atoms with van der Waals surface area (Å²) in [5.74, 6) is 0.837. The minimum absolute atomic E-state index is 0.296. The van der Waals surface area contributed by atoms with Gasteiger partial charge in [-0.25, -0.2) is 0 Å². The topological polar surface area (TPSA) is 29.5 Å². The summed E-state index contributed by atoms with van der Waals surface area (Å²) < 4.78 is 6.43.